The number of hydrogen-bond donors (Lipinski definition) is 1. The van der Waals surface area contributed by atoms with Crippen LogP contribution in [0.2, 0.25) is 5.02 Å². The minimum absolute atomic E-state index is 0.0665. The number of fused-ring (bicyclic) bond motifs is 2. The summed E-state index contributed by atoms with van der Waals surface area (Å²) in [6.07, 6.45) is 3.19. The Balaban J connectivity index is 1.39. The third-order valence-corrected chi connectivity index (χ3v) is 5.37. The molecule has 0 saturated carbocycles. The van der Waals surface area contributed by atoms with E-state index in [-0.39, 0.29) is 29.3 Å². The van der Waals surface area contributed by atoms with E-state index in [1.54, 1.807) is 17.0 Å². The van der Waals surface area contributed by atoms with E-state index in [0.717, 1.165) is 24.8 Å². The SMILES string of the molecule is O=C(N[C@@H]1C[C@H]2CC[C@H]1O2)N1CCO[C@@H](c2ccc(F)c(Cl)c2)C1. The molecule has 3 aliphatic rings. The molecule has 4 atom stereocenters. The van der Waals surface area contributed by atoms with Gasteiger partial charge in [-0.25, -0.2) is 9.18 Å². The number of nitrogens with one attached hydrogen (secondary N) is 1. The van der Waals surface area contributed by atoms with Crippen molar-refractivity contribution in [2.45, 2.75) is 43.6 Å². The van der Waals surface area contributed by atoms with Crippen molar-refractivity contribution in [3.63, 3.8) is 0 Å². The quantitative estimate of drug-likeness (QED) is 0.888. The standard InChI is InChI=1S/C17H20ClFN2O3/c18-12-7-10(1-3-13(12)19)16-9-21(5-6-23-16)17(22)20-14-8-11-2-4-15(14)24-11/h1,3,7,11,14-16H,2,4-6,8-9H2,(H,20,22)/t11-,14-,15-,16-/m1/s1. The summed E-state index contributed by atoms with van der Waals surface area (Å²) >= 11 is 5.84. The second-order valence-corrected chi connectivity index (χ2v) is 7.05. The first kappa shape index (κ1) is 16.1. The van der Waals surface area contributed by atoms with Crippen LogP contribution in [0, 0.1) is 5.82 Å². The predicted octanol–water partition coefficient (Wildman–Crippen LogP) is 2.88. The third-order valence-electron chi connectivity index (χ3n) is 5.08. The van der Waals surface area contributed by atoms with Gasteiger partial charge in [0.05, 0.1) is 36.4 Å². The van der Waals surface area contributed by atoms with Crippen LogP contribution in [0.15, 0.2) is 18.2 Å². The van der Waals surface area contributed by atoms with E-state index in [1.165, 1.54) is 6.07 Å². The van der Waals surface area contributed by atoms with E-state index in [9.17, 15) is 9.18 Å². The lowest BCUT2D eigenvalue weighted by Crippen LogP contribution is -2.51. The van der Waals surface area contributed by atoms with Gasteiger partial charge in [0, 0.05) is 6.54 Å². The first-order valence-electron chi connectivity index (χ1n) is 8.37. The first-order valence-corrected chi connectivity index (χ1v) is 8.75. The van der Waals surface area contributed by atoms with E-state index >= 15 is 0 Å². The highest BCUT2D eigenvalue weighted by molar-refractivity contribution is 6.30. The van der Waals surface area contributed by atoms with Gasteiger partial charge >= 0.3 is 6.03 Å². The molecule has 2 amide bonds. The highest BCUT2D eigenvalue weighted by atomic mass is 35.5. The molecule has 1 aromatic carbocycles. The molecular formula is C17H20ClFN2O3. The molecule has 0 aromatic heterocycles. The zero-order chi connectivity index (χ0) is 16.7. The van der Waals surface area contributed by atoms with Gasteiger partial charge < -0.3 is 19.7 Å². The number of ether oxygens (including phenoxy) is 2. The maximum Gasteiger partial charge on any atom is 0.317 e. The summed E-state index contributed by atoms with van der Waals surface area (Å²) in [5.41, 5.74) is 0.780. The van der Waals surface area contributed by atoms with Gasteiger partial charge in [-0.1, -0.05) is 17.7 Å². The molecule has 1 aromatic rings. The fraction of sp³-hybridized carbons (Fsp3) is 0.588. The number of carbonyl (C=O) groups is 1. The average Bonchev–Trinajstić information content (AvgIpc) is 3.20. The molecule has 4 rings (SSSR count). The molecule has 0 radical (unpaired) electrons. The highest BCUT2D eigenvalue weighted by Gasteiger charge is 2.42. The minimum Gasteiger partial charge on any atom is -0.373 e. The van der Waals surface area contributed by atoms with Crippen molar-refractivity contribution in [2.75, 3.05) is 19.7 Å². The number of benzene rings is 1. The van der Waals surface area contributed by atoms with Crippen LogP contribution in [0.5, 0.6) is 0 Å². The zero-order valence-electron chi connectivity index (χ0n) is 13.2. The number of rotatable bonds is 2. The number of nitrogens with zero attached hydrogens (tertiary/aromatic N) is 1. The molecule has 3 aliphatic heterocycles. The van der Waals surface area contributed by atoms with Crippen LogP contribution in [0.4, 0.5) is 9.18 Å². The van der Waals surface area contributed by atoms with E-state index in [4.69, 9.17) is 21.1 Å². The molecule has 0 aliphatic carbocycles. The van der Waals surface area contributed by atoms with Crippen molar-refractivity contribution in [1.29, 1.82) is 0 Å². The van der Waals surface area contributed by atoms with Crippen molar-refractivity contribution in [3.05, 3.63) is 34.6 Å². The van der Waals surface area contributed by atoms with Crippen molar-refractivity contribution < 1.29 is 18.7 Å². The van der Waals surface area contributed by atoms with Crippen molar-refractivity contribution in [3.8, 4) is 0 Å². The molecule has 2 bridgehead atoms. The lowest BCUT2D eigenvalue weighted by Gasteiger charge is -2.34. The summed E-state index contributed by atoms with van der Waals surface area (Å²) in [6.45, 7) is 1.41. The smallest absolute Gasteiger partial charge is 0.317 e. The molecule has 3 saturated heterocycles. The van der Waals surface area contributed by atoms with E-state index < -0.39 is 5.82 Å². The Morgan fingerprint density at radius 1 is 1.38 bits per heavy atom. The summed E-state index contributed by atoms with van der Waals surface area (Å²) in [5, 5.41) is 3.16. The monoisotopic (exact) mass is 354 g/mol. The average molecular weight is 355 g/mol. The van der Waals surface area contributed by atoms with Crippen LogP contribution in [-0.4, -0.2) is 48.9 Å². The van der Waals surface area contributed by atoms with Crippen LogP contribution < -0.4 is 5.32 Å². The lowest BCUT2D eigenvalue weighted by atomic mass is 9.96. The summed E-state index contributed by atoms with van der Waals surface area (Å²) in [6, 6.07) is 4.56. The van der Waals surface area contributed by atoms with Gasteiger partial charge in [-0.05, 0) is 37.0 Å². The van der Waals surface area contributed by atoms with Gasteiger partial charge in [-0.15, -0.1) is 0 Å². The normalized spacial score (nSPS) is 32.2. The molecule has 1 N–H and O–H groups in total. The Bertz CT molecular complexity index is 644. The molecule has 7 heteroatoms. The largest absolute Gasteiger partial charge is 0.373 e. The fourth-order valence-corrected chi connectivity index (χ4v) is 3.98. The third kappa shape index (κ3) is 3.10. The Kier molecular flexibility index (Phi) is 4.37. The van der Waals surface area contributed by atoms with Gasteiger partial charge in [0.15, 0.2) is 0 Å². The molecule has 3 heterocycles. The topological polar surface area (TPSA) is 50.8 Å². The molecule has 0 unspecified atom stereocenters. The number of urea groups is 1. The number of carbonyl (C=O) groups excluding carboxylic acids is 1. The molecule has 130 valence electrons. The molecule has 0 spiro atoms. The summed E-state index contributed by atoms with van der Waals surface area (Å²) < 4.78 is 24.8. The maximum absolute atomic E-state index is 13.3. The van der Waals surface area contributed by atoms with Crippen LogP contribution in [0.1, 0.15) is 30.9 Å². The number of amides is 2. The Labute approximate surface area is 145 Å². The van der Waals surface area contributed by atoms with Crippen molar-refractivity contribution in [2.24, 2.45) is 0 Å². The van der Waals surface area contributed by atoms with Gasteiger partial charge in [0.25, 0.3) is 0 Å². The van der Waals surface area contributed by atoms with E-state index in [0.29, 0.717) is 25.8 Å². The molecular weight excluding hydrogens is 335 g/mol. The van der Waals surface area contributed by atoms with Crippen LogP contribution >= 0.6 is 11.6 Å². The van der Waals surface area contributed by atoms with Crippen LogP contribution in [0.3, 0.4) is 0 Å². The van der Waals surface area contributed by atoms with E-state index in [1.807, 2.05) is 0 Å². The molecule has 3 fully saturated rings. The summed E-state index contributed by atoms with van der Waals surface area (Å²) in [7, 11) is 0. The van der Waals surface area contributed by atoms with Gasteiger partial charge in [0.1, 0.15) is 11.9 Å². The van der Waals surface area contributed by atoms with Gasteiger partial charge in [-0.3, -0.25) is 0 Å². The number of halogens is 2. The van der Waals surface area contributed by atoms with Crippen LogP contribution in [-0.2, 0) is 9.47 Å². The molecule has 24 heavy (non-hydrogen) atoms. The zero-order valence-corrected chi connectivity index (χ0v) is 14.0. The molecule has 5 nitrogen and oxygen atoms in total. The van der Waals surface area contributed by atoms with Crippen molar-refractivity contribution >= 4 is 17.6 Å². The number of morpholine rings is 1. The first-order chi connectivity index (χ1) is 11.6. The second kappa shape index (κ2) is 6.50. The fourth-order valence-electron chi connectivity index (χ4n) is 3.79. The predicted molar refractivity (Wildman–Crippen MR) is 86.5 cm³/mol. The summed E-state index contributed by atoms with van der Waals surface area (Å²) in [4.78, 5) is 14.3. The van der Waals surface area contributed by atoms with Gasteiger partial charge in [-0.2, -0.15) is 0 Å². The lowest BCUT2D eigenvalue weighted by molar-refractivity contribution is -0.0161. The Hall–Kier alpha value is -1.37. The van der Waals surface area contributed by atoms with Gasteiger partial charge in [0.2, 0.25) is 0 Å². The minimum atomic E-state index is -0.456. The Morgan fingerprint density at radius 3 is 2.96 bits per heavy atom. The highest BCUT2D eigenvalue weighted by Crippen LogP contribution is 2.34. The Morgan fingerprint density at radius 2 is 2.25 bits per heavy atom. The second-order valence-electron chi connectivity index (χ2n) is 6.64. The van der Waals surface area contributed by atoms with Crippen molar-refractivity contribution in [1.82, 2.24) is 10.2 Å². The summed E-state index contributed by atoms with van der Waals surface area (Å²) in [5.74, 6) is -0.456. The van der Waals surface area contributed by atoms with Crippen LogP contribution in [0.25, 0.3) is 0 Å². The number of hydrogen-bond acceptors (Lipinski definition) is 3. The van der Waals surface area contributed by atoms with E-state index in [2.05, 4.69) is 5.32 Å². The maximum atomic E-state index is 13.3.